The fraction of sp³-hybridized carbons (Fsp3) is 0.273. The molecular weight excluding hydrogens is 1400 g/mol. The predicted octanol–water partition coefficient (Wildman–Crippen LogP) is 7.25. The van der Waals surface area contributed by atoms with Crippen molar-refractivity contribution in [1.82, 2.24) is 66.1 Å². The van der Waals surface area contributed by atoms with Gasteiger partial charge in [0.25, 0.3) is 17.7 Å². The Hall–Kier alpha value is -13.1. The van der Waals surface area contributed by atoms with Gasteiger partial charge in [0.05, 0.1) is 69.3 Å². The number of carbonyl (C=O) groups excluding carboxylic acids is 9. The van der Waals surface area contributed by atoms with Crippen LogP contribution >= 0.6 is 0 Å². The van der Waals surface area contributed by atoms with Crippen molar-refractivity contribution in [2.75, 3.05) is 59.0 Å². The number of rotatable bonds is 15. The summed E-state index contributed by atoms with van der Waals surface area (Å²) in [6.45, 7) is 6.13. The number of hydrogen-bond donors (Lipinski definition) is 5. The Morgan fingerprint density at radius 3 is 1.39 bits per heavy atom. The average Bonchev–Trinajstić information content (AvgIpc) is 1.60. The molecule has 18 rings (SSSR count). The second-order valence-corrected chi connectivity index (χ2v) is 27.8. The molecule has 3 aromatic carbocycles. The van der Waals surface area contributed by atoms with Gasteiger partial charge in [-0.3, -0.25) is 69.2 Å². The number of pyridine rings is 4. The summed E-state index contributed by atoms with van der Waals surface area (Å²) >= 11 is 0. The summed E-state index contributed by atoms with van der Waals surface area (Å²) in [4.78, 5) is 141. The summed E-state index contributed by atoms with van der Waals surface area (Å²) in [5.74, 6) is -3.79. The van der Waals surface area contributed by atoms with Gasteiger partial charge in [0, 0.05) is 118 Å². The Kier molecular flexibility index (Phi) is 17.2. The molecule has 0 saturated carbocycles. The van der Waals surface area contributed by atoms with Gasteiger partial charge in [-0.05, 0) is 103 Å². The van der Waals surface area contributed by atoms with Crippen molar-refractivity contribution < 1.29 is 79.4 Å². The van der Waals surface area contributed by atoms with Crippen LogP contribution in [0.25, 0.3) is 55.8 Å². The predicted molar refractivity (Wildman–Crippen MR) is 379 cm³/mol. The third-order valence-electron chi connectivity index (χ3n) is 20.8. The van der Waals surface area contributed by atoms with E-state index in [2.05, 4.69) is 65.2 Å². The smallest absolute Gasteiger partial charge is 0.257 e. The maximum atomic E-state index is 14.8. The molecule has 5 atom stereocenters. The first-order chi connectivity index (χ1) is 52.0. The van der Waals surface area contributed by atoms with E-state index in [-0.39, 0.29) is 92.0 Å². The van der Waals surface area contributed by atoms with Crippen molar-refractivity contribution in [3.8, 4) is 39.8 Å². The van der Waals surface area contributed by atoms with Gasteiger partial charge in [0.2, 0.25) is 35.4 Å². The molecule has 29 nitrogen and oxygen atoms in total. The molecule has 4 saturated heterocycles. The maximum Gasteiger partial charge on any atom is 0.257 e. The number of piperazine rings is 1. The standard InChI is InChI=1S/C27H29N5O5.C26H19FN4O5.C24H18FN5O5/c1-15-11-31(12-16(2)28-15)23-7-6-21-20(29-23)9-22(37-21)27(10-24(33)30-26(27)35)14-32-13-17-4-5-18(36-3)8-19(17)25(32)34;1-35-19-4-2-15-12-31(24(33)22(15)23(19)27)13-26(11-21(32)30-25(26)34)20-10-17-18(36-20)5-3-16(29-17)14-6-8-28-9-7-14;1-34-17-4-2-12-10-30(22(32)20(12)21(17)25)11-24(7-19(31)29-23(24)33)18-6-15-16(35-18)5-3-14(28-15)13-8-26-27-9-13/h4-9,15-16,28H,10-14H2,1-3H3,(H,30,33,35);2-10H,11-13H2,1H3,(H,30,32,34);2-6,8-9H,7,10-11H2,1H3,(H,26,27)(H,29,31,33)/t15?,16?,27-;26-;24-/m111/s1. The van der Waals surface area contributed by atoms with Crippen LogP contribution in [0.3, 0.4) is 0 Å². The van der Waals surface area contributed by atoms with E-state index in [0.29, 0.717) is 91.5 Å². The van der Waals surface area contributed by atoms with Crippen molar-refractivity contribution in [3.05, 3.63) is 196 Å². The van der Waals surface area contributed by atoms with Crippen LogP contribution in [-0.2, 0) is 64.6 Å². The first-order valence-corrected chi connectivity index (χ1v) is 34.5. The van der Waals surface area contributed by atoms with E-state index in [1.54, 1.807) is 104 Å². The Labute approximate surface area is 611 Å². The van der Waals surface area contributed by atoms with Crippen LogP contribution in [0.15, 0.2) is 147 Å². The summed E-state index contributed by atoms with van der Waals surface area (Å²) in [6.07, 6.45) is 6.12. The third-order valence-corrected chi connectivity index (χ3v) is 20.8. The van der Waals surface area contributed by atoms with Gasteiger partial charge in [0.1, 0.15) is 61.6 Å². The lowest BCUT2D eigenvalue weighted by Crippen LogP contribution is -2.54. The Balaban J connectivity index is 0.000000124. The SMILES string of the molecule is COc1ccc2c(c1)C(=O)N(C[C@@]1(c3cc4nc(N5CC(C)NC(C)C5)ccc4o3)CC(=O)NC1=O)C2.COc1ccc2c(c1F)C(=O)N(C[C@@]1(c3cc4nc(-c5ccncc5)ccc4o3)CC(=O)NC1=O)C2.COc1ccc2c(c1F)C(=O)N(C[C@@]1(c3cc4nc(-c5cn[nH]c5)ccc4o3)CC(=O)NC1=O)C2. The molecule has 8 aromatic heterocycles. The van der Waals surface area contributed by atoms with E-state index in [1.165, 1.54) is 36.2 Å². The van der Waals surface area contributed by atoms with E-state index in [0.717, 1.165) is 35.6 Å². The minimum absolute atomic E-state index is 0.0138. The molecule has 4 fully saturated rings. The largest absolute Gasteiger partial charge is 0.497 e. The van der Waals surface area contributed by atoms with Crippen molar-refractivity contribution in [2.45, 2.75) is 81.1 Å². The van der Waals surface area contributed by atoms with E-state index in [9.17, 15) is 51.9 Å². The second-order valence-electron chi connectivity index (χ2n) is 27.8. The summed E-state index contributed by atoms with van der Waals surface area (Å²) < 4.78 is 63.1. The lowest BCUT2D eigenvalue weighted by Gasteiger charge is -2.36. The van der Waals surface area contributed by atoms with Gasteiger partial charge in [-0.25, -0.2) is 23.7 Å². The summed E-state index contributed by atoms with van der Waals surface area (Å²) in [5.41, 5.74) is 3.79. The number of hydrogen-bond acceptors (Lipinski definition) is 22. The first-order valence-electron chi connectivity index (χ1n) is 34.5. The van der Waals surface area contributed by atoms with Crippen LogP contribution in [0.4, 0.5) is 14.6 Å². The molecule has 5 N–H and O–H groups in total. The van der Waals surface area contributed by atoms with Gasteiger partial charge < -0.3 is 52.4 Å². The number of imide groups is 3. The number of H-pyrrole nitrogens is 1. The third kappa shape index (κ3) is 12.0. The van der Waals surface area contributed by atoms with Crippen molar-refractivity contribution >= 4 is 92.3 Å². The Morgan fingerprint density at radius 2 is 0.944 bits per heavy atom. The van der Waals surface area contributed by atoms with Gasteiger partial charge in [-0.2, -0.15) is 5.10 Å². The minimum Gasteiger partial charge on any atom is -0.497 e. The van der Waals surface area contributed by atoms with Crippen molar-refractivity contribution in [1.29, 1.82) is 0 Å². The Morgan fingerprint density at radius 1 is 0.500 bits per heavy atom. The van der Waals surface area contributed by atoms with Crippen LogP contribution in [0.2, 0.25) is 0 Å². The van der Waals surface area contributed by atoms with Crippen LogP contribution < -0.4 is 40.4 Å². The Bertz CT molecular complexity index is 5600. The highest BCUT2D eigenvalue weighted by Gasteiger charge is 2.56. The molecule has 0 aliphatic carbocycles. The number of anilines is 1. The van der Waals surface area contributed by atoms with E-state index in [4.69, 9.17) is 32.4 Å². The number of nitrogens with zero attached hydrogens (tertiary/aromatic N) is 9. The zero-order valence-electron chi connectivity index (χ0n) is 58.5. The topological polar surface area (TPSA) is 362 Å². The highest BCUT2D eigenvalue weighted by Crippen LogP contribution is 2.44. The van der Waals surface area contributed by atoms with Crippen molar-refractivity contribution in [3.63, 3.8) is 0 Å². The number of ether oxygens (including phenoxy) is 3. The number of amides is 9. The number of nitrogens with one attached hydrogen (secondary N) is 5. The second kappa shape index (κ2) is 26.8. The monoisotopic (exact) mass is 1460 g/mol. The fourth-order valence-electron chi connectivity index (χ4n) is 15.5. The number of methoxy groups -OCH3 is 3. The highest BCUT2D eigenvalue weighted by molar-refractivity contribution is 6.12. The maximum absolute atomic E-state index is 14.8. The number of carbonyl (C=O) groups is 9. The summed E-state index contributed by atoms with van der Waals surface area (Å²) in [7, 11) is 4.19. The molecule has 0 radical (unpaired) electrons. The zero-order valence-corrected chi connectivity index (χ0v) is 58.5. The minimum atomic E-state index is -1.48. The van der Waals surface area contributed by atoms with Gasteiger partial charge >= 0.3 is 0 Å². The highest BCUT2D eigenvalue weighted by atomic mass is 19.1. The molecule has 2 unspecified atom stereocenters. The molecular formula is C77H66F2N14O15. The van der Waals surface area contributed by atoms with Crippen LogP contribution in [0, 0.1) is 11.6 Å². The van der Waals surface area contributed by atoms with E-state index < -0.39 is 75.1 Å². The number of furan rings is 3. The quantitative estimate of drug-likeness (QED) is 0.0631. The average molecular weight is 1470 g/mol. The number of aromatic nitrogens is 6. The van der Waals surface area contributed by atoms with Gasteiger partial charge in [0.15, 0.2) is 39.9 Å². The van der Waals surface area contributed by atoms with Crippen molar-refractivity contribution in [2.24, 2.45) is 0 Å². The molecule has 15 heterocycles. The van der Waals surface area contributed by atoms with Crippen LogP contribution in [0.5, 0.6) is 17.2 Å². The number of fused-ring (bicyclic) bond motifs is 6. The van der Waals surface area contributed by atoms with E-state index >= 15 is 0 Å². The number of halogens is 2. The molecule has 31 heteroatoms. The first kappa shape index (κ1) is 69.3. The lowest BCUT2D eigenvalue weighted by molar-refractivity contribution is -0.128. The molecule has 0 bridgehead atoms. The molecule has 108 heavy (non-hydrogen) atoms. The van der Waals surface area contributed by atoms with Crippen LogP contribution in [-0.4, -0.2) is 164 Å². The zero-order chi connectivity index (χ0) is 75.2. The molecule has 7 aliphatic heterocycles. The molecule has 548 valence electrons. The number of benzene rings is 3. The molecule has 7 aliphatic rings. The normalized spacial score (nSPS) is 21.5. The van der Waals surface area contributed by atoms with Gasteiger partial charge in [-0.15, -0.1) is 0 Å². The number of aromatic amines is 1. The lowest BCUT2D eigenvalue weighted by atomic mass is 9.82. The molecule has 9 amide bonds. The fourth-order valence-corrected chi connectivity index (χ4v) is 15.5. The van der Waals surface area contributed by atoms with Gasteiger partial charge in [-0.1, -0.05) is 18.2 Å². The summed E-state index contributed by atoms with van der Waals surface area (Å²) in [5, 5.41) is 17.2. The molecule has 11 aromatic rings. The molecule has 0 spiro atoms. The van der Waals surface area contributed by atoms with Crippen LogP contribution in [0.1, 0.15) is 98.2 Å². The summed E-state index contributed by atoms with van der Waals surface area (Å²) in [6, 6.07) is 31.5. The van der Waals surface area contributed by atoms with E-state index in [1.807, 2.05) is 30.3 Å².